The van der Waals surface area contributed by atoms with Crippen LogP contribution in [-0.4, -0.2) is 29.3 Å². The van der Waals surface area contributed by atoms with Gasteiger partial charge in [-0.25, -0.2) is 9.78 Å². The number of benzene rings is 1. The van der Waals surface area contributed by atoms with Crippen molar-refractivity contribution in [3.05, 3.63) is 47.2 Å². The van der Waals surface area contributed by atoms with Crippen molar-refractivity contribution in [1.29, 1.82) is 0 Å². The van der Waals surface area contributed by atoms with Crippen LogP contribution in [0.4, 0.5) is 5.69 Å². The van der Waals surface area contributed by atoms with Crippen molar-refractivity contribution in [3.8, 4) is 11.5 Å². The summed E-state index contributed by atoms with van der Waals surface area (Å²) in [6.07, 6.45) is 5.26. The van der Waals surface area contributed by atoms with Crippen LogP contribution in [0.5, 0.6) is 11.5 Å². The number of nitrogens with one attached hydrogen (secondary N) is 1. The summed E-state index contributed by atoms with van der Waals surface area (Å²) in [6, 6.07) is 8.04. The van der Waals surface area contributed by atoms with Gasteiger partial charge in [0.25, 0.3) is 11.7 Å². The fraction of sp³-hybridized carbons (Fsp3) is 0.316. The molecular weight excluding hydrogens is 372 g/mol. The van der Waals surface area contributed by atoms with Crippen molar-refractivity contribution in [1.82, 2.24) is 4.98 Å². The third kappa shape index (κ3) is 3.83. The molecule has 1 aliphatic heterocycles. The molecule has 1 fully saturated rings. The number of ether oxygens (including phenoxy) is 3. The summed E-state index contributed by atoms with van der Waals surface area (Å²) in [5.74, 6) is -0.373. The molecule has 8 heteroatoms. The number of carbonyl (C=O) groups is 2. The summed E-state index contributed by atoms with van der Waals surface area (Å²) >= 11 is 5.73. The predicted octanol–water partition coefficient (Wildman–Crippen LogP) is 3.57. The number of esters is 1. The van der Waals surface area contributed by atoms with Gasteiger partial charge in [-0.2, -0.15) is 0 Å². The van der Waals surface area contributed by atoms with Crippen LogP contribution >= 0.6 is 11.6 Å². The maximum Gasteiger partial charge on any atom is 0.338 e. The molecular formula is C19H17ClN2O5. The highest BCUT2D eigenvalue weighted by atomic mass is 35.5. The first-order valence-corrected chi connectivity index (χ1v) is 9.01. The van der Waals surface area contributed by atoms with Crippen LogP contribution in [0, 0.1) is 0 Å². The van der Waals surface area contributed by atoms with Gasteiger partial charge in [-0.3, -0.25) is 4.79 Å². The van der Waals surface area contributed by atoms with Crippen LogP contribution in [0.2, 0.25) is 5.15 Å². The average molecular weight is 389 g/mol. The lowest BCUT2D eigenvalue weighted by Gasteiger charge is -2.21. The number of anilines is 1. The quantitative estimate of drug-likeness (QED) is 0.636. The van der Waals surface area contributed by atoms with Gasteiger partial charge in [-0.05, 0) is 37.1 Å². The minimum Gasteiger partial charge on any atom is -0.452 e. The molecule has 27 heavy (non-hydrogen) atoms. The molecule has 0 unspecified atom stereocenters. The molecule has 1 amide bonds. The van der Waals surface area contributed by atoms with E-state index in [2.05, 4.69) is 10.3 Å². The molecule has 1 N–H and O–H groups in total. The van der Waals surface area contributed by atoms with Crippen LogP contribution in [-0.2, 0) is 9.53 Å². The van der Waals surface area contributed by atoms with Crippen LogP contribution in [0.15, 0.2) is 36.5 Å². The van der Waals surface area contributed by atoms with E-state index in [1.54, 1.807) is 18.2 Å². The maximum absolute atomic E-state index is 12.1. The van der Waals surface area contributed by atoms with Gasteiger partial charge >= 0.3 is 5.97 Å². The topological polar surface area (TPSA) is 86.8 Å². The van der Waals surface area contributed by atoms with E-state index >= 15 is 0 Å². The number of fused-ring (bicyclic) bond motifs is 1. The Labute approximate surface area is 160 Å². The smallest absolute Gasteiger partial charge is 0.338 e. The Morgan fingerprint density at radius 2 is 1.93 bits per heavy atom. The van der Waals surface area contributed by atoms with E-state index in [0.29, 0.717) is 17.2 Å². The van der Waals surface area contributed by atoms with Crippen LogP contribution in [0.25, 0.3) is 0 Å². The van der Waals surface area contributed by atoms with E-state index in [4.69, 9.17) is 25.8 Å². The second-order valence-electron chi connectivity index (χ2n) is 6.47. The van der Waals surface area contributed by atoms with Crippen molar-refractivity contribution in [2.45, 2.75) is 31.5 Å². The highest BCUT2D eigenvalue weighted by molar-refractivity contribution is 6.29. The summed E-state index contributed by atoms with van der Waals surface area (Å²) in [5.41, 5.74) is 0.771. The molecule has 0 bridgehead atoms. The first-order chi connectivity index (χ1) is 13.0. The molecule has 0 saturated heterocycles. The van der Waals surface area contributed by atoms with Crippen LogP contribution in [0.1, 0.15) is 36.0 Å². The van der Waals surface area contributed by atoms with E-state index in [9.17, 15) is 9.59 Å². The van der Waals surface area contributed by atoms with E-state index in [-0.39, 0.29) is 10.7 Å². The van der Waals surface area contributed by atoms with Gasteiger partial charge in [-0.1, -0.05) is 11.6 Å². The Balaban J connectivity index is 1.33. The molecule has 2 aromatic rings. The average Bonchev–Trinajstić information content (AvgIpc) is 3.25. The van der Waals surface area contributed by atoms with E-state index < -0.39 is 24.3 Å². The zero-order valence-corrected chi connectivity index (χ0v) is 15.1. The highest BCUT2D eigenvalue weighted by Gasteiger charge is 2.44. The monoisotopic (exact) mass is 388 g/mol. The number of halogens is 1. The van der Waals surface area contributed by atoms with E-state index in [1.165, 1.54) is 18.3 Å². The lowest BCUT2D eigenvalue weighted by Crippen LogP contribution is -2.34. The van der Waals surface area contributed by atoms with E-state index in [1.807, 2.05) is 0 Å². The minimum atomic E-state index is -0.650. The van der Waals surface area contributed by atoms with Gasteiger partial charge in [-0.15, -0.1) is 0 Å². The molecule has 1 aromatic heterocycles. The first-order valence-electron chi connectivity index (χ1n) is 8.64. The Bertz CT molecular complexity index is 895. The molecule has 1 saturated carbocycles. The molecule has 1 aromatic carbocycles. The van der Waals surface area contributed by atoms with E-state index in [0.717, 1.165) is 25.7 Å². The molecule has 1 aliphatic carbocycles. The standard InChI is InChI=1S/C19H17ClN2O5/c20-16-9-12(5-8-21-16)18(24)25-11-17(23)22-13-3-4-14-15(10-13)27-19(26-14)6-1-2-7-19/h3-5,8-10H,1-2,6-7,11H2,(H,22,23). The molecule has 7 nitrogen and oxygen atoms in total. The Hall–Kier alpha value is -2.80. The molecule has 0 atom stereocenters. The number of nitrogens with zero attached hydrogens (tertiary/aromatic N) is 1. The second kappa shape index (κ2) is 7.08. The van der Waals surface area contributed by atoms with Gasteiger partial charge in [0.1, 0.15) is 5.15 Å². The van der Waals surface area contributed by atoms with Gasteiger partial charge < -0.3 is 19.5 Å². The fourth-order valence-electron chi connectivity index (χ4n) is 3.23. The molecule has 2 aliphatic rings. The summed E-state index contributed by atoms with van der Waals surface area (Å²) < 4.78 is 16.9. The van der Waals surface area contributed by atoms with Gasteiger partial charge in [0, 0.05) is 30.8 Å². The molecule has 2 heterocycles. The van der Waals surface area contributed by atoms with Crippen LogP contribution < -0.4 is 14.8 Å². The summed E-state index contributed by atoms with van der Waals surface area (Å²) in [7, 11) is 0. The number of pyridine rings is 1. The lowest BCUT2D eigenvalue weighted by atomic mass is 10.2. The maximum atomic E-state index is 12.1. The zero-order valence-electron chi connectivity index (χ0n) is 14.4. The predicted molar refractivity (Wildman–Crippen MR) is 97.1 cm³/mol. The number of amides is 1. The second-order valence-corrected chi connectivity index (χ2v) is 6.86. The van der Waals surface area contributed by atoms with Gasteiger partial charge in [0.05, 0.1) is 5.56 Å². The van der Waals surface area contributed by atoms with Crippen molar-refractivity contribution < 1.29 is 23.8 Å². The minimum absolute atomic E-state index is 0.175. The SMILES string of the molecule is O=C(COC(=O)c1ccnc(Cl)c1)Nc1ccc2c(c1)OC1(CCCC1)O2. The Morgan fingerprint density at radius 1 is 1.15 bits per heavy atom. The third-order valence-corrected chi connectivity index (χ3v) is 4.69. The first kappa shape index (κ1) is 17.6. The highest BCUT2D eigenvalue weighted by Crippen LogP contribution is 2.47. The Kier molecular flexibility index (Phi) is 4.61. The summed E-state index contributed by atoms with van der Waals surface area (Å²) in [6.45, 7) is -0.419. The number of hydrogen-bond donors (Lipinski definition) is 1. The molecule has 4 rings (SSSR count). The molecule has 140 valence electrons. The van der Waals surface area contributed by atoms with Crippen molar-refractivity contribution >= 4 is 29.2 Å². The van der Waals surface area contributed by atoms with Crippen molar-refractivity contribution in [2.75, 3.05) is 11.9 Å². The van der Waals surface area contributed by atoms with Crippen molar-refractivity contribution in [2.24, 2.45) is 0 Å². The zero-order chi connectivity index (χ0) is 18.9. The van der Waals surface area contributed by atoms with Crippen molar-refractivity contribution in [3.63, 3.8) is 0 Å². The number of rotatable bonds is 4. The lowest BCUT2D eigenvalue weighted by molar-refractivity contribution is -0.119. The van der Waals surface area contributed by atoms with Crippen LogP contribution in [0.3, 0.4) is 0 Å². The van der Waals surface area contributed by atoms with Gasteiger partial charge in [0.2, 0.25) is 0 Å². The summed E-state index contributed by atoms with van der Waals surface area (Å²) in [4.78, 5) is 27.8. The number of carbonyl (C=O) groups excluding carboxylic acids is 2. The Morgan fingerprint density at radius 3 is 2.70 bits per heavy atom. The molecule has 0 radical (unpaired) electrons. The third-order valence-electron chi connectivity index (χ3n) is 4.48. The fourth-order valence-corrected chi connectivity index (χ4v) is 3.40. The largest absolute Gasteiger partial charge is 0.452 e. The number of hydrogen-bond acceptors (Lipinski definition) is 6. The summed E-state index contributed by atoms with van der Waals surface area (Å²) in [5, 5.41) is 2.85. The molecule has 1 spiro atoms. The number of aromatic nitrogens is 1. The van der Waals surface area contributed by atoms with Gasteiger partial charge in [0.15, 0.2) is 18.1 Å². The normalized spacial score (nSPS) is 16.3.